The normalized spacial score (nSPS) is 11.5. The third-order valence-corrected chi connectivity index (χ3v) is 3.03. The van der Waals surface area contributed by atoms with Crippen LogP contribution in [0.25, 0.3) is 0 Å². The summed E-state index contributed by atoms with van der Waals surface area (Å²) in [4.78, 5) is 0. The molecular weight excluding hydrogens is 349 g/mol. The molecule has 0 heterocycles. The number of anilines is 1. The van der Waals surface area contributed by atoms with E-state index in [0.717, 1.165) is 24.4 Å². The highest BCUT2D eigenvalue weighted by molar-refractivity contribution is 7.80. The van der Waals surface area contributed by atoms with Crippen LogP contribution in [-0.4, -0.2) is 11.3 Å². The maximum Gasteiger partial charge on any atom is 0.418 e. The molecule has 0 aliphatic carbocycles. The van der Waals surface area contributed by atoms with E-state index in [0.29, 0.717) is 0 Å². The molecule has 0 atom stereocenters. The summed E-state index contributed by atoms with van der Waals surface area (Å²) in [7, 11) is 0. The van der Waals surface area contributed by atoms with E-state index in [2.05, 4.69) is 15.8 Å². The zero-order valence-electron chi connectivity index (χ0n) is 11.9. The van der Waals surface area contributed by atoms with Gasteiger partial charge < -0.3 is 5.32 Å². The number of para-hydroxylation sites is 1. The molecule has 0 bridgehead atoms. The second-order valence-corrected chi connectivity index (χ2v) is 4.91. The third kappa shape index (κ3) is 4.48. The number of nitrogens with one attached hydrogen (secondary N) is 2. The first-order chi connectivity index (χ1) is 11.3. The number of hydrazone groups is 1. The topological polar surface area (TPSA) is 36.4 Å². The fourth-order valence-electron chi connectivity index (χ4n) is 1.78. The van der Waals surface area contributed by atoms with Gasteiger partial charge in [-0.1, -0.05) is 18.2 Å². The average molecular weight is 359 g/mol. The lowest BCUT2D eigenvalue weighted by Crippen LogP contribution is -2.25. The van der Waals surface area contributed by atoms with Crippen molar-refractivity contribution >= 4 is 29.2 Å². The van der Waals surface area contributed by atoms with Crippen molar-refractivity contribution in [3.63, 3.8) is 0 Å². The van der Waals surface area contributed by atoms with Gasteiger partial charge in [-0.05, 0) is 36.5 Å². The van der Waals surface area contributed by atoms with Crippen molar-refractivity contribution in [3.05, 3.63) is 65.2 Å². The van der Waals surface area contributed by atoms with Crippen molar-refractivity contribution in [1.29, 1.82) is 0 Å². The van der Waals surface area contributed by atoms with Crippen molar-refractivity contribution in [2.75, 3.05) is 5.32 Å². The number of nitrogens with zero attached hydrogens (tertiary/aromatic N) is 1. The van der Waals surface area contributed by atoms with E-state index >= 15 is 0 Å². The van der Waals surface area contributed by atoms with E-state index in [-0.39, 0.29) is 10.8 Å². The largest absolute Gasteiger partial charge is 0.418 e. The minimum atomic E-state index is -4.56. The second-order valence-electron chi connectivity index (χ2n) is 4.50. The maximum atomic E-state index is 13.4. The van der Waals surface area contributed by atoms with Gasteiger partial charge >= 0.3 is 6.18 Å². The van der Waals surface area contributed by atoms with Gasteiger partial charge in [0, 0.05) is 0 Å². The molecule has 24 heavy (non-hydrogen) atoms. The molecule has 0 saturated carbocycles. The van der Waals surface area contributed by atoms with Gasteiger partial charge in [0.2, 0.25) is 0 Å². The smallest absolute Gasteiger partial charge is 0.331 e. The fourth-order valence-corrected chi connectivity index (χ4v) is 1.94. The Morgan fingerprint density at radius 1 is 1.00 bits per heavy atom. The number of alkyl halides is 3. The number of hydrogen-bond acceptors (Lipinski definition) is 2. The predicted octanol–water partition coefficient (Wildman–Crippen LogP) is 4.30. The number of thiocarbonyl (C=S) groups is 1. The molecule has 9 heteroatoms. The zero-order chi connectivity index (χ0) is 17.7. The molecule has 0 amide bonds. The van der Waals surface area contributed by atoms with Crippen LogP contribution < -0.4 is 10.7 Å². The van der Waals surface area contributed by atoms with E-state index < -0.39 is 28.9 Å². The Balaban J connectivity index is 2.06. The highest BCUT2D eigenvalue weighted by Crippen LogP contribution is 2.34. The summed E-state index contributed by atoms with van der Waals surface area (Å²) in [6.07, 6.45) is -3.72. The van der Waals surface area contributed by atoms with E-state index in [9.17, 15) is 22.0 Å². The van der Waals surface area contributed by atoms with Crippen LogP contribution in [0.1, 0.15) is 11.1 Å². The van der Waals surface area contributed by atoms with Crippen molar-refractivity contribution < 1.29 is 22.0 Å². The highest BCUT2D eigenvalue weighted by Gasteiger charge is 2.33. The summed E-state index contributed by atoms with van der Waals surface area (Å²) in [5.41, 5.74) is 0.629. The van der Waals surface area contributed by atoms with Crippen molar-refractivity contribution in [3.8, 4) is 0 Å². The summed E-state index contributed by atoms with van der Waals surface area (Å²) >= 11 is 4.81. The lowest BCUT2D eigenvalue weighted by Gasteiger charge is -2.14. The lowest BCUT2D eigenvalue weighted by molar-refractivity contribution is -0.136. The molecule has 3 nitrogen and oxygen atoms in total. The molecule has 0 spiro atoms. The van der Waals surface area contributed by atoms with E-state index in [1.54, 1.807) is 0 Å². The van der Waals surface area contributed by atoms with E-state index in [1.165, 1.54) is 24.3 Å². The minimum absolute atomic E-state index is 0.264. The summed E-state index contributed by atoms with van der Waals surface area (Å²) in [6, 6.07) is 8.00. The van der Waals surface area contributed by atoms with Crippen LogP contribution in [-0.2, 0) is 6.18 Å². The van der Waals surface area contributed by atoms with Gasteiger partial charge in [-0.25, -0.2) is 8.78 Å². The highest BCUT2D eigenvalue weighted by atomic mass is 32.1. The molecular formula is C15H10F5N3S. The van der Waals surface area contributed by atoms with Crippen molar-refractivity contribution in [1.82, 2.24) is 5.43 Å². The summed E-state index contributed by atoms with van der Waals surface area (Å²) < 4.78 is 65.3. The van der Waals surface area contributed by atoms with Crippen molar-refractivity contribution in [2.24, 2.45) is 5.10 Å². The van der Waals surface area contributed by atoms with Gasteiger partial charge in [0.15, 0.2) is 5.11 Å². The molecule has 0 aromatic heterocycles. The Bertz CT molecular complexity index is 754. The zero-order valence-corrected chi connectivity index (χ0v) is 12.7. The predicted molar refractivity (Wildman–Crippen MR) is 84.8 cm³/mol. The van der Waals surface area contributed by atoms with Gasteiger partial charge in [-0.3, -0.25) is 5.43 Å². The molecule has 0 aliphatic heterocycles. The standard InChI is InChI=1S/C15H10F5N3S/c16-11-5-3-6-12(17)9(11)8-21-23-14(24)22-13-7-2-1-4-10(13)15(18,19)20/h1-8H,(H2,22,23,24)/b21-8-. The first-order valence-electron chi connectivity index (χ1n) is 6.49. The number of halogens is 5. The maximum absolute atomic E-state index is 13.4. The summed E-state index contributed by atoms with van der Waals surface area (Å²) in [5.74, 6) is -1.66. The van der Waals surface area contributed by atoms with Crippen LogP contribution in [0.4, 0.5) is 27.6 Å². The Morgan fingerprint density at radius 2 is 1.62 bits per heavy atom. The van der Waals surface area contributed by atoms with Crippen LogP contribution in [0.2, 0.25) is 0 Å². The molecule has 0 radical (unpaired) electrons. The van der Waals surface area contributed by atoms with Crippen LogP contribution in [0.15, 0.2) is 47.6 Å². The SMILES string of the molecule is Fc1cccc(F)c1/C=N\NC(=S)Nc1ccccc1C(F)(F)F. The quantitative estimate of drug-likeness (QED) is 0.371. The number of hydrogen-bond donors (Lipinski definition) is 2. The average Bonchev–Trinajstić information content (AvgIpc) is 2.49. The van der Waals surface area contributed by atoms with Crippen LogP contribution >= 0.6 is 12.2 Å². The van der Waals surface area contributed by atoms with Crippen LogP contribution in [0.5, 0.6) is 0 Å². The summed E-state index contributed by atoms with van der Waals surface area (Å²) in [5, 5.41) is 5.58. The second kappa shape index (κ2) is 7.35. The number of rotatable bonds is 3. The molecule has 2 aromatic carbocycles. The molecule has 0 aliphatic rings. The van der Waals surface area contributed by atoms with E-state index in [1.807, 2.05) is 0 Å². The first-order valence-corrected chi connectivity index (χ1v) is 6.90. The fraction of sp³-hybridized carbons (Fsp3) is 0.0667. The van der Waals surface area contributed by atoms with Crippen LogP contribution in [0, 0.1) is 11.6 Å². The molecule has 2 rings (SSSR count). The first kappa shape index (κ1) is 17.8. The monoisotopic (exact) mass is 359 g/mol. The molecule has 2 aromatic rings. The van der Waals surface area contributed by atoms with Gasteiger partial charge in [0.05, 0.1) is 23.0 Å². The molecule has 0 fully saturated rings. The Labute approximate surface area is 139 Å². The van der Waals surface area contributed by atoms with Crippen LogP contribution in [0.3, 0.4) is 0 Å². The lowest BCUT2D eigenvalue weighted by atomic mass is 10.2. The van der Waals surface area contributed by atoms with Crippen molar-refractivity contribution in [2.45, 2.75) is 6.18 Å². The summed E-state index contributed by atoms with van der Waals surface area (Å²) in [6.45, 7) is 0. The van der Waals surface area contributed by atoms with Gasteiger partial charge in [-0.15, -0.1) is 0 Å². The van der Waals surface area contributed by atoms with Gasteiger partial charge in [0.1, 0.15) is 11.6 Å². The third-order valence-electron chi connectivity index (χ3n) is 2.84. The molecule has 0 unspecified atom stereocenters. The molecule has 0 saturated heterocycles. The minimum Gasteiger partial charge on any atom is -0.331 e. The Kier molecular flexibility index (Phi) is 5.45. The Hall–Kier alpha value is -2.55. The Morgan fingerprint density at radius 3 is 2.25 bits per heavy atom. The van der Waals surface area contributed by atoms with Gasteiger partial charge in [0.25, 0.3) is 0 Å². The van der Waals surface area contributed by atoms with Gasteiger partial charge in [-0.2, -0.15) is 18.3 Å². The molecule has 126 valence electrons. The molecule has 2 N–H and O–H groups in total. The van der Waals surface area contributed by atoms with E-state index in [4.69, 9.17) is 12.2 Å². The number of benzene rings is 2.